The summed E-state index contributed by atoms with van der Waals surface area (Å²) >= 11 is 1.48. The van der Waals surface area contributed by atoms with Gasteiger partial charge in [-0.1, -0.05) is 41.7 Å². The fourth-order valence-electron chi connectivity index (χ4n) is 2.45. The van der Waals surface area contributed by atoms with Crippen molar-refractivity contribution in [2.75, 3.05) is 5.32 Å². The molecule has 26 heavy (non-hydrogen) atoms. The van der Waals surface area contributed by atoms with Crippen molar-refractivity contribution in [1.82, 2.24) is 19.8 Å². The van der Waals surface area contributed by atoms with Crippen LogP contribution in [0.15, 0.2) is 60.7 Å². The Morgan fingerprint density at radius 3 is 2.58 bits per heavy atom. The molecule has 0 aliphatic rings. The van der Waals surface area contributed by atoms with Gasteiger partial charge in [-0.25, -0.2) is 0 Å². The van der Waals surface area contributed by atoms with Crippen LogP contribution in [0.3, 0.4) is 0 Å². The Labute approximate surface area is 153 Å². The highest BCUT2D eigenvalue weighted by Crippen LogP contribution is 2.26. The molecule has 2 aromatic carbocycles. The minimum atomic E-state index is -0.170. The second-order valence-corrected chi connectivity index (χ2v) is 6.62. The van der Waals surface area contributed by atoms with Gasteiger partial charge in [-0.05, 0) is 42.8 Å². The van der Waals surface area contributed by atoms with Crippen LogP contribution in [-0.2, 0) is 4.79 Å². The number of hydrogen-bond donors (Lipinski definition) is 1. The molecule has 1 amide bonds. The number of anilines is 1. The lowest BCUT2D eigenvalue weighted by molar-refractivity contribution is -0.111. The fourth-order valence-corrected chi connectivity index (χ4v) is 3.34. The number of nitrogens with one attached hydrogen (secondary N) is 1. The van der Waals surface area contributed by atoms with Crippen molar-refractivity contribution in [1.29, 1.82) is 0 Å². The third-order valence-corrected chi connectivity index (χ3v) is 4.72. The van der Waals surface area contributed by atoms with Crippen molar-refractivity contribution in [2.45, 2.75) is 6.92 Å². The van der Waals surface area contributed by atoms with Crippen LogP contribution in [0.4, 0.5) is 5.69 Å². The van der Waals surface area contributed by atoms with E-state index < -0.39 is 0 Å². The molecular weight excluding hydrogens is 346 g/mol. The molecule has 0 fully saturated rings. The molecule has 0 aliphatic heterocycles. The molecule has 6 nitrogen and oxygen atoms in total. The first-order valence-corrected chi connectivity index (χ1v) is 8.84. The van der Waals surface area contributed by atoms with Crippen LogP contribution in [0.2, 0.25) is 0 Å². The average Bonchev–Trinajstić information content (AvgIpc) is 3.24. The monoisotopic (exact) mass is 361 g/mol. The first kappa shape index (κ1) is 16.2. The van der Waals surface area contributed by atoms with Crippen molar-refractivity contribution < 1.29 is 4.79 Å². The lowest BCUT2D eigenvalue weighted by atomic mass is 10.2. The van der Waals surface area contributed by atoms with Gasteiger partial charge in [-0.2, -0.15) is 9.61 Å². The van der Waals surface area contributed by atoms with Crippen molar-refractivity contribution in [2.24, 2.45) is 0 Å². The topological polar surface area (TPSA) is 72.2 Å². The Morgan fingerprint density at radius 2 is 1.85 bits per heavy atom. The number of rotatable bonds is 4. The summed E-state index contributed by atoms with van der Waals surface area (Å²) in [7, 11) is 0. The summed E-state index contributed by atoms with van der Waals surface area (Å²) in [6, 6.07) is 17.3. The van der Waals surface area contributed by atoms with Gasteiger partial charge in [0.15, 0.2) is 5.82 Å². The van der Waals surface area contributed by atoms with Gasteiger partial charge in [0, 0.05) is 17.3 Å². The van der Waals surface area contributed by atoms with Crippen LogP contribution < -0.4 is 5.32 Å². The molecule has 4 aromatic rings. The van der Waals surface area contributed by atoms with Crippen molar-refractivity contribution >= 4 is 34.0 Å². The molecular formula is C19H15N5OS. The summed E-state index contributed by atoms with van der Waals surface area (Å²) in [4.78, 5) is 12.8. The summed E-state index contributed by atoms with van der Waals surface area (Å²) in [5.74, 6) is 0.590. The van der Waals surface area contributed by atoms with Gasteiger partial charge in [0.2, 0.25) is 10.9 Å². The minimum absolute atomic E-state index is 0.170. The number of nitrogens with zero attached hydrogens (tertiary/aromatic N) is 4. The second kappa shape index (κ2) is 6.89. The number of amides is 1. The number of carbonyl (C=O) groups excluding carboxylic acids is 1. The molecule has 1 N–H and O–H groups in total. The summed E-state index contributed by atoms with van der Waals surface area (Å²) < 4.78 is 1.73. The Hall–Kier alpha value is -3.32. The van der Waals surface area contributed by atoms with E-state index in [1.165, 1.54) is 17.4 Å². The molecule has 0 bridgehead atoms. The van der Waals surface area contributed by atoms with Gasteiger partial charge in [-0.3, -0.25) is 4.79 Å². The summed E-state index contributed by atoms with van der Waals surface area (Å²) in [5, 5.41) is 16.3. The van der Waals surface area contributed by atoms with E-state index in [0.29, 0.717) is 0 Å². The summed E-state index contributed by atoms with van der Waals surface area (Å²) in [6.45, 7) is 1.87. The van der Waals surface area contributed by atoms with Gasteiger partial charge in [0.05, 0.1) is 0 Å². The average molecular weight is 361 g/mol. The summed E-state index contributed by atoms with van der Waals surface area (Å²) in [6.07, 6.45) is 3.31. The Balaban J connectivity index is 1.45. The van der Waals surface area contributed by atoms with Gasteiger partial charge in [0.1, 0.15) is 5.01 Å². The molecule has 0 radical (unpaired) electrons. The van der Waals surface area contributed by atoms with Crippen LogP contribution in [0.1, 0.15) is 11.4 Å². The third-order valence-electron chi connectivity index (χ3n) is 3.77. The van der Waals surface area contributed by atoms with Crippen LogP contribution in [-0.4, -0.2) is 25.7 Å². The molecule has 2 heterocycles. The number of benzene rings is 2. The highest BCUT2D eigenvalue weighted by atomic mass is 32.1. The lowest BCUT2D eigenvalue weighted by Crippen LogP contribution is -2.07. The molecule has 0 saturated heterocycles. The van der Waals surface area contributed by atoms with Gasteiger partial charge in [0.25, 0.3) is 0 Å². The number of fused-ring (bicyclic) bond motifs is 1. The van der Waals surface area contributed by atoms with E-state index >= 15 is 0 Å². The normalized spacial score (nSPS) is 11.3. The number of carbonyl (C=O) groups is 1. The van der Waals surface area contributed by atoms with E-state index in [1.54, 1.807) is 10.6 Å². The Morgan fingerprint density at radius 1 is 1.08 bits per heavy atom. The molecule has 0 aliphatic carbocycles. The minimum Gasteiger partial charge on any atom is -0.323 e. The van der Waals surface area contributed by atoms with E-state index in [4.69, 9.17) is 0 Å². The van der Waals surface area contributed by atoms with Crippen LogP contribution in [0.25, 0.3) is 21.6 Å². The molecule has 0 spiro atoms. The maximum atomic E-state index is 12.0. The Kier molecular flexibility index (Phi) is 4.28. The first-order valence-electron chi connectivity index (χ1n) is 8.02. The highest BCUT2D eigenvalue weighted by Gasteiger charge is 2.10. The van der Waals surface area contributed by atoms with E-state index in [-0.39, 0.29) is 5.91 Å². The molecule has 0 unspecified atom stereocenters. The SMILES string of the molecule is Cc1nnc2sc(-c3ccc(NC(=O)C=Cc4ccccc4)cc3)nn12. The zero-order valence-electron chi connectivity index (χ0n) is 14.0. The molecule has 7 heteroatoms. The van der Waals surface area contributed by atoms with E-state index in [9.17, 15) is 4.79 Å². The second-order valence-electron chi connectivity index (χ2n) is 5.66. The highest BCUT2D eigenvalue weighted by molar-refractivity contribution is 7.19. The van der Waals surface area contributed by atoms with Crippen molar-refractivity contribution in [3.05, 3.63) is 72.1 Å². The maximum absolute atomic E-state index is 12.0. The molecule has 0 atom stereocenters. The molecule has 4 rings (SSSR count). The van der Waals surface area contributed by atoms with Gasteiger partial charge in [-0.15, -0.1) is 10.2 Å². The van der Waals surface area contributed by atoms with Crippen LogP contribution >= 0.6 is 11.3 Å². The van der Waals surface area contributed by atoms with Crippen molar-refractivity contribution in [3.8, 4) is 10.6 Å². The zero-order chi connectivity index (χ0) is 17.9. The van der Waals surface area contributed by atoms with E-state index in [1.807, 2.05) is 61.5 Å². The lowest BCUT2D eigenvalue weighted by Gasteiger charge is -2.03. The number of aryl methyl sites for hydroxylation is 1. The fraction of sp³-hybridized carbons (Fsp3) is 0.0526. The Bertz CT molecular complexity index is 1080. The molecule has 2 aromatic heterocycles. The predicted molar refractivity (Wildman–Crippen MR) is 103 cm³/mol. The quantitative estimate of drug-likeness (QED) is 0.561. The molecule has 0 saturated carbocycles. The van der Waals surface area contributed by atoms with E-state index in [0.717, 1.165) is 32.6 Å². The first-order chi connectivity index (χ1) is 12.7. The largest absolute Gasteiger partial charge is 0.323 e. The van der Waals surface area contributed by atoms with Crippen LogP contribution in [0.5, 0.6) is 0 Å². The van der Waals surface area contributed by atoms with Crippen LogP contribution in [0, 0.1) is 6.92 Å². The van der Waals surface area contributed by atoms with E-state index in [2.05, 4.69) is 20.6 Å². The van der Waals surface area contributed by atoms with Crippen molar-refractivity contribution in [3.63, 3.8) is 0 Å². The standard InChI is InChI=1S/C19H15N5OS/c1-13-21-22-19-24(13)23-18(26-19)15-8-10-16(11-9-15)20-17(25)12-7-14-5-3-2-4-6-14/h2-12H,1H3,(H,20,25). The molecule has 128 valence electrons. The zero-order valence-corrected chi connectivity index (χ0v) is 14.8. The third kappa shape index (κ3) is 3.38. The predicted octanol–water partition coefficient (Wildman–Crippen LogP) is 3.81. The summed E-state index contributed by atoms with van der Waals surface area (Å²) in [5.41, 5.74) is 2.69. The number of hydrogen-bond acceptors (Lipinski definition) is 5. The smallest absolute Gasteiger partial charge is 0.248 e. The van der Waals surface area contributed by atoms with Gasteiger partial charge >= 0.3 is 0 Å². The van der Waals surface area contributed by atoms with Gasteiger partial charge < -0.3 is 5.32 Å². The number of aromatic nitrogens is 4. The maximum Gasteiger partial charge on any atom is 0.248 e.